The molecular formula is C13H14N2O5. The number of hydrogen-bond donors (Lipinski definition) is 2. The summed E-state index contributed by atoms with van der Waals surface area (Å²) in [5, 5.41) is 12.2. The van der Waals surface area contributed by atoms with Crippen LogP contribution in [-0.2, 0) is 20.9 Å². The van der Waals surface area contributed by atoms with E-state index >= 15 is 0 Å². The van der Waals surface area contributed by atoms with Crippen LogP contribution in [0.3, 0.4) is 0 Å². The van der Waals surface area contributed by atoms with Crippen LogP contribution in [0.1, 0.15) is 34.5 Å². The van der Waals surface area contributed by atoms with E-state index in [2.05, 4.69) is 10.3 Å². The highest BCUT2D eigenvalue weighted by Crippen LogP contribution is 2.22. The van der Waals surface area contributed by atoms with Crippen LogP contribution >= 0.6 is 0 Å². The molecule has 1 aliphatic heterocycles. The summed E-state index contributed by atoms with van der Waals surface area (Å²) in [6.45, 7) is 1.38. The Hall–Kier alpha value is -2.44. The maximum atomic E-state index is 11.7. The van der Waals surface area contributed by atoms with E-state index in [4.69, 9.17) is 4.74 Å². The van der Waals surface area contributed by atoms with Crippen LogP contribution in [0, 0.1) is 6.92 Å². The van der Waals surface area contributed by atoms with Gasteiger partial charge >= 0.3 is 5.97 Å². The van der Waals surface area contributed by atoms with E-state index in [1.807, 2.05) is 0 Å². The smallest absolute Gasteiger partial charge is 0.328 e. The van der Waals surface area contributed by atoms with Crippen molar-refractivity contribution in [3.8, 4) is 5.75 Å². The van der Waals surface area contributed by atoms with E-state index in [1.165, 1.54) is 6.20 Å². The molecule has 2 rings (SSSR count). The summed E-state index contributed by atoms with van der Waals surface area (Å²) in [5.41, 5.74) is 0.701. The number of aryl methyl sites for hydroxylation is 1. The normalized spacial score (nSPS) is 17.6. The number of aromatic nitrogens is 1. The Morgan fingerprint density at radius 1 is 1.65 bits per heavy atom. The van der Waals surface area contributed by atoms with Crippen LogP contribution in [0.2, 0.25) is 0 Å². The second-order valence-electron chi connectivity index (χ2n) is 4.52. The van der Waals surface area contributed by atoms with Gasteiger partial charge in [-0.1, -0.05) is 0 Å². The molecule has 1 amide bonds. The fraction of sp³-hybridized carbons (Fsp3) is 0.385. The summed E-state index contributed by atoms with van der Waals surface area (Å²) < 4.78 is 5.03. The van der Waals surface area contributed by atoms with E-state index in [0.717, 1.165) is 0 Å². The van der Waals surface area contributed by atoms with Crippen LogP contribution in [0.15, 0.2) is 6.20 Å². The lowest BCUT2D eigenvalue weighted by molar-refractivity contribution is -0.147. The molecular weight excluding hydrogens is 264 g/mol. The van der Waals surface area contributed by atoms with Crippen molar-refractivity contribution in [1.82, 2.24) is 10.3 Å². The number of amides is 1. The summed E-state index contributed by atoms with van der Waals surface area (Å²) in [6, 6.07) is -0.644. The molecule has 2 heterocycles. The third kappa shape index (κ3) is 2.76. The molecule has 1 fully saturated rings. The number of aldehydes is 1. The minimum atomic E-state index is -0.644. The van der Waals surface area contributed by atoms with Gasteiger partial charge in [0.1, 0.15) is 18.4 Å². The third-order valence-electron chi connectivity index (χ3n) is 3.13. The lowest BCUT2D eigenvalue weighted by Gasteiger charge is -2.12. The molecule has 1 aliphatic rings. The fourth-order valence-corrected chi connectivity index (χ4v) is 1.94. The number of aromatic hydroxyl groups is 1. The monoisotopic (exact) mass is 278 g/mol. The Labute approximate surface area is 115 Å². The van der Waals surface area contributed by atoms with Gasteiger partial charge in [-0.2, -0.15) is 0 Å². The molecule has 7 heteroatoms. The van der Waals surface area contributed by atoms with Crippen LogP contribution < -0.4 is 5.32 Å². The molecule has 0 aromatic carbocycles. The van der Waals surface area contributed by atoms with Gasteiger partial charge in [-0.25, -0.2) is 4.79 Å². The Morgan fingerprint density at radius 2 is 2.40 bits per heavy atom. The second kappa shape index (κ2) is 5.68. The maximum Gasteiger partial charge on any atom is 0.328 e. The van der Waals surface area contributed by atoms with Crippen molar-refractivity contribution in [1.29, 1.82) is 0 Å². The zero-order valence-electron chi connectivity index (χ0n) is 10.9. The first kappa shape index (κ1) is 14.0. The molecule has 0 bridgehead atoms. The van der Waals surface area contributed by atoms with Crippen molar-refractivity contribution in [3.63, 3.8) is 0 Å². The third-order valence-corrected chi connectivity index (χ3v) is 3.13. The molecule has 2 N–H and O–H groups in total. The largest absolute Gasteiger partial charge is 0.505 e. The first-order valence-corrected chi connectivity index (χ1v) is 6.11. The fourth-order valence-electron chi connectivity index (χ4n) is 1.94. The van der Waals surface area contributed by atoms with E-state index in [9.17, 15) is 19.5 Å². The van der Waals surface area contributed by atoms with E-state index < -0.39 is 12.0 Å². The maximum absolute atomic E-state index is 11.7. The number of carbonyl (C=O) groups is 3. The number of nitrogens with one attached hydrogen (secondary N) is 1. The van der Waals surface area contributed by atoms with E-state index in [1.54, 1.807) is 6.92 Å². The number of nitrogens with zero attached hydrogens (tertiary/aromatic N) is 1. The van der Waals surface area contributed by atoms with Gasteiger partial charge < -0.3 is 15.2 Å². The van der Waals surface area contributed by atoms with Gasteiger partial charge in [-0.15, -0.1) is 0 Å². The highest BCUT2D eigenvalue weighted by atomic mass is 16.5. The standard InChI is InChI=1S/C13H14N2O5/c1-7-12(18)9(5-16)8(4-14-7)6-20-13(19)10-2-3-11(17)15-10/h4-5,10,18H,2-3,6H2,1H3,(H,15,17). The van der Waals surface area contributed by atoms with Gasteiger partial charge in [0.25, 0.3) is 0 Å². The van der Waals surface area contributed by atoms with Crippen molar-refractivity contribution < 1.29 is 24.2 Å². The quantitative estimate of drug-likeness (QED) is 0.603. The number of esters is 1. The topological polar surface area (TPSA) is 106 Å². The number of ether oxygens (including phenoxy) is 1. The highest BCUT2D eigenvalue weighted by Gasteiger charge is 2.28. The first-order valence-electron chi connectivity index (χ1n) is 6.11. The van der Waals surface area contributed by atoms with Crippen LogP contribution in [0.5, 0.6) is 5.75 Å². The van der Waals surface area contributed by atoms with Crippen LogP contribution in [0.25, 0.3) is 0 Å². The average Bonchev–Trinajstić information content (AvgIpc) is 2.86. The van der Waals surface area contributed by atoms with Crippen LogP contribution in [0.4, 0.5) is 0 Å². The molecule has 7 nitrogen and oxygen atoms in total. The Morgan fingerprint density at radius 3 is 3.00 bits per heavy atom. The lowest BCUT2D eigenvalue weighted by atomic mass is 10.1. The molecule has 0 spiro atoms. The summed E-state index contributed by atoms with van der Waals surface area (Å²) in [4.78, 5) is 37.6. The van der Waals surface area contributed by atoms with E-state index in [-0.39, 0.29) is 23.8 Å². The highest BCUT2D eigenvalue weighted by molar-refractivity contribution is 5.88. The van der Waals surface area contributed by atoms with Crippen LogP contribution in [-0.4, -0.2) is 34.3 Å². The zero-order valence-corrected chi connectivity index (χ0v) is 10.9. The molecule has 0 radical (unpaired) electrons. The molecule has 1 aromatic rings. The van der Waals surface area contributed by atoms with E-state index in [0.29, 0.717) is 30.4 Å². The van der Waals surface area contributed by atoms with Gasteiger partial charge in [0.2, 0.25) is 5.91 Å². The van der Waals surface area contributed by atoms with Crippen molar-refractivity contribution in [2.45, 2.75) is 32.4 Å². The second-order valence-corrected chi connectivity index (χ2v) is 4.52. The van der Waals surface area contributed by atoms with Gasteiger partial charge in [0, 0.05) is 18.2 Å². The van der Waals surface area contributed by atoms with Crippen molar-refractivity contribution in [2.24, 2.45) is 0 Å². The Kier molecular flexibility index (Phi) is 3.97. The average molecular weight is 278 g/mol. The summed E-state index contributed by atoms with van der Waals surface area (Å²) >= 11 is 0. The minimum Gasteiger partial charge on any atom is -0.505 e. The zero-order chi connectivity index (χ0) is 14.7. The van der Waals surface area contributed by atoms with Gasteiger partial charge in [-0.05, 0) is 13.3 Å². The molecule has 106 valence electrons. The first-order chi connectivity index (χ1) is 9.52. The minimum absolute atomic E-state index is 0.0563. The number of carbonyl (C=O) groups excluding carboxylic acids is 3. The summed E-state index contributed by atoms with van der Waals surface area (Å²) in [5.74, 6) is -0.967. The summed E-state index contributed by atoms with van der Waals surface area (Å²) in [6.07, 6.45) is 2.56. The number of rotatable bonds is 4. The number of hydrogen-bond acceptors (Lipinski definition) is 6. The lowest BCUT2D eigenvalue weighted by Crippen LogP contribution is -2.34. The van der Waals surface area contributed by atoms with Gasteiger partial charge in [-0.3, -0.25) is 14.6 Å². The molecule has 1 unspecified atom stereocenters. The molecule has 1 atom stereocenters. The molecule has 0 aliphatic carbocycles. The van der Waals surface area contributed by atoms with Gasteiger partial charge in [0.15, 0.2) is 6.29 Å². The summed E-state index contributed by atoms with van der Waals surface area (Å²) in [7, 11) is 0. The number of pyridine rings is 1. The van der Waals surface area contributed by atoms with Crippen molar-refractivity contribution in [2.75, 3.05) is 0 Å². The Bertz CT molecular complexity index is 570. The molecule has 1 aromatic heterocycles. The predicted molar refractivity (Wildman–Crippen MR) is 67.0 cm³/mol. The van der Waals surface area contributed by atoms with Crippen molar-refractivity contribution in [3.05, 3.63) is 23.0 Å². The van der Waals surface area contributed by atoms with Crippen molar-refractivity contribution >= 4 is 18.2 Å². The molecule has 20 heavy (non-hydrogen) atoms. The molecule has 1 saturated heterocycles. The predicted octanol–water partition coefficient (Wildman–Crippen LogP) is 0.230. The van der Waals surface area contributed by atoms with Gasteiger partial charge in [0.05, 0.1) is 11.3 Å². The molecule has 0 saturated carbocycles. The SMILES string of the molecule is Cc1ncc(COC(=O)C2CCC(=O)N2)c(C=O)c1O. The Balaban J connectivity index is 2.04.